The van der Waals surface area contributed by atoms with Crippen molar-refractivity contribution in [1.82, 2.24) is 24.5 Å². The van der Waals surface area contributed by atoms with Gasteiger partial charge in [-0.1, -0.05) is 6.08 Å². The lowest BCUT2D eigenvalue weighted by Gasteiger charge is -2.41. The third-order valence-electron chi connectivity index (χ3n) is 4.99. The molecular weight excluding hydrogens is 306 g/mol. The highest BCUT2D eigenvalue weighted by molar-refractivity contribution is 5.70. The van der Waals surface area contributed by atoms with E-state index in [1.165, 1.54) is 5.56 Å². The van der Waals surface area contributed by atoms with Crippen molar-refractivity contribution in [3.8, 4) is 0 Å². The van der Waals surface area contributed by atoms with Gasteiger partial charge in [0.2, 0.25) is 0 Å². The van der Waals surface area contributed by atoms with Crippen LogP contribution in [0.2, 0.25) is 0 Å². The first-order valence-corrected chi connectivity index (χ1v) is 8.55. The Balaban J connectivity index is 1.66. The van der Waals surface area contributed by atoms with E-state index in [1.807, 2.05) is 24.0 Å². The fraction of sp³-hybridized carbons (Fsp3) is 0.647. The van der Waals surface area contributed by atoms with Gasteiger partial charge >= 0.3 is 5.97 Å². The Morgan fingerprint density at radius 1 is 1.33 bits per heavy atom. The van der Waals surface area contributed by atoms with Gasteiger partial charge in [-0.2, -0.15) is 5.10 Å². The summed E-state index contributed by atoms with van der Waals surface area (Å²) in [6, 6.07) is 0.375. The zero-order valence-corrected chi connectivity index (χ0v) is 14.3. The molecule has 2 unspecified atom stereocenters. The van der Waals surface area contributed by atoms with Crippen LogP contribution in [-0.2, 0) is 18.4 Å². The van der Waals surface area contributed by atoms with Crippen molar-refractivity contribution in [2.75, 3.05) is 45.8 Å². The lowest BCUT2D eigenvalue weighted by molar-refractivity contribution is -0.142. The number of aryl methyl sites for hydroxylation is 1. The normalized spacial score (nSPS) is 26.7. The van der Waals surface area contributed by atoms with Crippen LogP contribution in [-0.4, -0.2) is 87.4 Å². The van der Waals surface area contributed by atoms with Gasteiger partial charge in [0.05, 0.1) is 12.1 Å². The Labute approximate surface area is 143 Å². The van der Waals surface area contributed by atoms with Crippen molar-refractivity contribution >= 4 is 5.97 Å². The van der Waals surface area contributed by atoms with Crippen molar-refractivity contribution in [1.29, 1.82) is 0 Å². The number of piperazine rings is 1. The zero-order valence-electron chi connectivity index (χ0n) is 14.3. The standard InChI is InChI=1S/C17H27N5O2/c1-3-4-20-10-15(17(23)24)11-22-6-5-21(13-16(22)12-20)9-14-7-18-19(2)8-14/h3,7-8,15-16H,1,4-6,9-13H2,2H3,(H,23,24). The van der Waals surface area contributed by atoms with E-state index in [4.69, 9.17) is 0 Å². The van der Waals surface area contributed by atoms with E-state index in [9.17, 15) is 9.90 Å². The Kier molecular flexibility index (Phi) is 5.33. The molecule has 2 atom stereocenters. The Morgan fingerprint density at radius 2 is 2.12 bits per heavy atom. The van der Waals surface area contributed by atoms with Crippen LogP contribution >= 0.6 is 0 Å². The smallest absolute Gasteiger partial charge is 0.309 e. The first-order valence-electron chi connectivity index (χ1n) is 8.55. The molecule has 1 N–H and O–H groups in total. The number of rotatable bonds is 5. The number of carboxylic acids is 1. The van der Waals surface area contributed by atoms with E-state index in [1.54, 1.807) is 0 Å². The first-order chi connectivity index (χ1) is 11.5. The lowest BCUT2D eigenvalue weighted by Crippen LogP contribution is -2.55. The maximum absolute atomic E-state index is 11.5. The van der Waals surface area contributed by atoms with Gasteiger partial charge in [0.25, 0.3) is 0 Å². The van der Waals surface area contributed by atoms with Crippen molar-refractivity contribution in [2.24, 2.45) is 13.0 Å². The Bertz CT molecular complexity index is 587. The van der Waals surface area contributed by atoms with Gasteiger partial charge in [0, 0.05) is 77.2 Å². The van der Waals surface area contributed by atoms with Gasteiger partial charge < -0.3 is 5.11 Å². The molecule has 0 saturated carbocycles. The predicted octanol–water partition coefficient (Wildman–Crippen LogP) is 0.109. The average molecular weight is 333 g/mol. The van der Waals surface area contributed by atoms with E-state index in [0.29, 0.717) is 19.1 Å². The van der Waals surface area contributed by atoms with E-state index in [0.717, 1.165) is 39.3 Å². The van der Waals surface area contributed by atoms with Crippen LogP contribution in [0.1, 0.15) is 5.56 Å². The molecule has 7 nitrogen and oxygen atoms in total. The van der Waals surface area contributed by atoms with Gasteiger partial charge in [-0.3, -0.25) is 24.2 Å². The van der Waals surface area contributed by atoms with E-state index in [-0.39, 0.29) is 5.92 Å². The molecule has 7 heteroatoms. The zero-order chi connectivity index (χ0) is 17.1. The number of nitrogens with zero attached hydrogens (tertiary/aromatic N) is 5. The summed E-state index contributed by atoms with van der Waals surface area (Å²) in [7, 11) is 1.94. The second-order valence-electron chi connectivity index (χ2n) is 6.95. The molecule has 24 heavy (non-hydrogen) atoms. The largest absolute Gasteiger partial charge is 0.481 e. The minimum absolute atomic E-state index is 0.320. The van der Waals surface area contributed by atoms with Crippen LogP contribution in [0.5, 0.6) is 0 Å². The second-order valence-corrected chi connectivity index (χ2v) is 6.95. The predicted molar refractivity (Wildman–Crippen MR) is 91.6 cm³/mol. The molecule has 0 amide bonds. The van der Waals surface area contributed by atoms with Crippen LogP contribution < -0.4 is 0 Å². The Hall–Kier alpha value is -1.70. The summed E-state index contributed by atoms with van der Waals surface area (Å²) in [5.74, 6) is -1.01. The third-order valence-corrected chi connectivity index (χ3v) is 4.99. The van der Waals surface area contributed by atoms with Crippen molar-refractivity contribution in [3.05, 3.63) is 30.6 Å². The van der Waals surface area contributed by atoms with Crippen LogP contribution in [0.4, 0.5) is 0 Å². The highest BCUT2D eigenvalue weighted by Crippen LogP contribution is 2.20. The summed E-state index contributed by atoms with van der Waals surface area (Å²) in [4.78, 5) is 18.6. The minimum atomic E-state index is -0.692. The summed E-state index contributed by atoms with van der Waals surface area (Å²) in [6.07, 6.45) is 5.85. The van der Waals surface area contributed by atoms with Crippen LogP contribution in [0.3, 0.4) is 0 Å². The van der Waals surface area contributed by atoms with Gasteiger partial charge in [-0.15, -0.1) is 6.58 Å². The van der Waals surface area contributed by atoms with Gasteiger partial charge in [-0.05, 0) is 0 Å². The van der Waals surface area contributed by atoms with E-state index in [2.05, 4.69) is 32.6 Å². The second kappa shape index (κ2) is 7.46. The Morgan fingerprint density at radius 3 is 2.79 bits per heavy atom. The number of aromatic nitrogens is 2. The maximum atomic E-state index is 11.5. The number of hydrogen-bond donors (Lipinski definition) is 1. The van der Waals surface area contributed by atoms with Gasteiger partial charge in [0.1, 0.15) is 0 Å². The van der Waals surface area contributed by atoms with Crippen molar-refractivity contribution < 1.29 is 9.90 Å². The number of hydrogen-bond acceptors (Lipinski definition) is 5. The molecular formula is C17H27N5O2. The summed E-state index contributed by atoms with van der Waals surface area (Å²) in [6.45, 7) is 10.5. The fourth-order valence-electron chi connectivity index (χ4n) is 3.84. The summed E-state index contributed by atoms with van der Waals surface area (Å²) < 4.78 is 1.83. The molecule has 3 rings (SSSR count). The van der Waals surface area contributed by atoms with Crippen LogP contribution in [0.15, 0.2) is 25.0 Å². The molecule has 132 valence electrons. The molecule has 2 aliphatic heterocycles. The molecule has 3 heterocycles. The lowest BCUT2D eigenvalue weighted by atomic mass is 10.1. The quantitative estimate of drug-likeness (QED) is 0.772. The molecule has 1 aromatic rings. The topological polar surface area (TPSA) is 64.8 Å². The molecule has 0 spiro atoms. The van der Waals surface area contributed by atoms with E-state index < -0.39 is 5.97 Å². The van der Waals surface area contributed by atoms with Gasteiger partial charge in [0.15, 0.2) is 0 Å². The van der Waals surface area contributed by atoms with Crippen LogP contribution in [0.25, 0.3) is 0 Å². The molecule has 2 fully saturated rings. The molecule has 0 radical (unpaired) electrons. The number of fused-ring (bicyclic) bond motifs is 1. The first kappa shape index (κ1) is 17.1. The molecule has 2 saturated heterocycles. The van der Waals surface area contributed by atoms with Crippen LogP contribution in [0, 0.1) is 5.92 Å². The molecule has 2 aliphatic rings. The number of aliphatic carboxylic acids is 1. The fourth-order valence-corrected chi connectivity index (χ4v) is 3.84. The third kappa shape index (κ3) is 4.03. The molecule has 0 aromatic carbocycles. The number of carboxylic acid groups (broad SMARTS) is 1. The maximum Gasteiger partial charge on any atom is 0.309 e. The molecule has 0 aliphatic carbocycles. The van der Waals surface area contributed by atoms with Crippen molar-refractivity contribution in [3.63, 3.8) is 0 Å². The molecule has 0 bridgehead atoms. The average Bonchev–Trinajstić information content (AvgIpc) is 2.84. The van der Waals surface area contributed by atoms with Gasteiger partial charge in [-0.25, -0.2) is 0 Å². The molecule has 1 aromatic heterocycles. The van der Waals surface area contributed by atoms with E-state index >= 15 is 0 Å². The van der Waals surface area contributed by atoms with Crippen molar-refractivity contribution in [2.45, 2.75) is 12.6 Å². The summed E-state index contributed by atoms with van der Waals surface area (Å²) >= 11 is 0. The highest BCUT2D eigenvalue weighted by atomic mass is 16.4. The summed E-state index contributed by atoms with van der Waals surface area (Å²) in [5.41, 5.74) is 1.23. The number of carbonyl (C=O) groups is 1. The SMILES string of the molecule is C=CCN1CC(C(=O)O)CN2CCN(Cc3cnn(C)c3)CC2C1. The highest BCUT2D eigenvalue weighted by Gasteiger charge is 2.35. The summed E-state index contributed by atoms with van der Waals surface area (Å²) in [5, 5.41) is 13.7. The monoisotopic (exact) mass is 333 g/mol. The minimum Gasteiger partial charge on any atom is -0.481 e.